The maximum absolute atomic E-state index is 10.6. The summed E-state index contributed by atoms with van der Waals surface area (Å²) in [6, 6.07) is 0.0521. The number of hydrogen-bond acceptors (Lipinski definition) is 1. The molecule has 0 aromatic rings. The highest BCUT2D eigenvalue weighted by atomic mass is 16.2. The first-order valence-electron chi connectivity index (χ1n) is 4.71. The van der Waals surface area contributed by atoms with Gasteiger partial charge in [-0.2, -0.15) is 0 Å². The summed E-state index contributed by atoms with van der Waals surface area (Å²) in [7, 11) is 1.80. The van der Waals surface area contributed by atoms with Crippen LogP contribution in [0.3, 0.4) is 0 Å². The second-order valence-electron chi connectivity index (χ2n) is 3.01. The van der Waals surface area contributed by atoms with Crippen LogP contribution in [-0.2, 0) is 0 Å². The zero-order valence-corrected chi connectivity index (χ0v) is 8.39. The van der Waals surface area contributed by atoms with E-state index in [1.54, 1.807) is 11.9 Å². The lowest BCUT2D eigenvalue weighted by molar-refractivity contribution is 0.199. The van der Waals surface area contributed by atoms with Gasteiger partial charge in [-0.25, -0.2) is 4.79 Å². The second-order valence-corrected chi connectivity index (χ2v) is 3.01. The van der Waals surface area contributed by atoms with E-state index in [0.29, 0.717) is 0 Å². The minimum atomic E-state index is 0.0521. The number of unbranched alkanes of at least 4 members (excludes halogenated alkanes) is 1. The van der Waals surface area contributed by atoms with Crippen molar-refractivity contribution in [1.29, 1.82) is 0 Å². The average molecular weight is 172 g/mol. The summed E-state index contributed by atoms with van der Waals surface area (Å²) in [5, 5.41) is 2.72. The van der Waals surface area contributed by atoms with Gasteiger partial charge in [-0.1, -0.05) is 26.7 Å². The molecule has 0 unspecified atom stereocenters. The molecule has 0 bridgehead atoms. The molecule has 1 rings (SSSR count). The molecule has 0 atom stereocenters. The predicted molar refractivity (Wildman–Crippen MR) is 51.2 cm³/mol. The molecule has 0 radical (unpaired) electrons. The molecule has 0 saturated carbocycles. The molecular formula is C9H20N2O. The third-order valence-corrected chi connectivity index (χ3v) is 1.79. The molecule has 72 valence electrons. The molecule has 1 aliphatic heterocycles. The van der Waals surface area contributed by atoms with Crippen LogP contribution in [0.4, 0.5) is 4.79 Å². The number of nitrogens with one attached hydrogen (secondary N) is 1. The molecule has 1 saturated heterocycles. The molecule has 2 amide bonds. The third kappa shape index (κ3) is 4.99. The SMILES string of the molecule is CCCC.CN1CCCNC1=O. The monoisotopic (exact) mass is 172 g/mol. The Labute approximate surface area is 75.1 Å². The van der Waals surface area contributed by atoms with Gasteiger partial charge in [0.05, 0.1) is 0 Å². The lowest BCUT2D eigenvalue weighted by Gasteiger charge is -2.22. The smallest absolute Gasteiger partial charge is 0.317 e. The predicted octanol–water partition coefficient (Wildman–Crippen LogP) is 1.84. The topological polar surface area (TPSA) is 32.3 Å². The summed E-state index contributed by atoms with van der Waals surface area (Å²) in [5.41, 5.74) is 0. The molecular weight excluding hydrogens is 152 g/mol. The standard InChI is InChI=1S/C5H10N2O.C4H10/c1-7-4-2-3-6-5(7)8;1-3-4-2/h2-4H2,1H3,(H,6,8);3-4H2,1-2H3. The summed E-state index contributed by atoms with van der Waals surface area (Å²) >= 11 is 0. The Bertz CT molecular complexity index is 124. The van der Waals surface area contributed by atoms with Crippen LogP contribution >= 0.6 is 0 Å². The molecule has 1 heterocycles. The van der Waals surface area contributed by atoms with Gasteiger partial charge in [0.2, 0.25) is 0 Å². The summed E-state index contributed by atoms with van der Waals surface area (Å²) in [6.07, 6.45) is 3.71. The quantitative estimate of drug-likeness (QED) is 0.643. The van der Waals surface area contributed by atoms with Crippen molar-refractivity contribution in [1.82, 2.24) is 10.2 Å². The summed E-state index contributed by atoms with van der Waals surface area (Å²) in [4.78, 5) is 12.3. The number of rotatable bonds is 1. The zero-order chi connectivity index (χ0) is 9.40. The zero-order valence-electron chi connectivity index (χ0n) is 8.39. The first-order chi connectivity index (χ1) is 5.72. The van der Waals surface area contributed by atoms with Gasteiger partial charge in [0.25, 0.3) is 0 Å². The highest BCUT2D eigenvalue weighted by Crippen LogP contribution is 1.92. The van der Waals surface area contributed by atoms with Crippen LogP contribution in [0.1, 0.15) is 33.1 Å². The third-order valence-electron chi connectivity index (χ3n) is 1.79. The lowest BCUT2D eigenvalue weighted by atomic mass is 10.3. The van der Waals surface area contributed by atoms with Crippen LogP contribution in [0.2, 0.25) is 0 Å². The molecule has 12 heavy (non-hydrogen) atoms. The van der Waals surface area contributed by atoms with Crippen molar-refractivity contribution in [2.45, 2.75) is 33.1 Å². The molecule has 1 aliphatic rings. The van der Waals surface area contributed by atoms with Gasteiger partial charge in [0.15, 0.2) is 0 Å². The highest BCUT2D eigenvalue weighted by molar-refractivity contribution is 5.74. The first-order valence-corrected chi connectivity index (χ1v) is 4.71. The fraction of sp³-hybridized carbons (Fsp3) is 0.889. The van der Waals surface area contributed by atoms with E-state index in [4.69, 9.17) is 0 Å². The van der Waals surface area contributed by atoms with Gasteiger partial charge in [0.1, 0.15) is 0 Å². The van der Waals surface area contributed by atoms with Gasteiger partial charge in [-0.05, 0) is 6.42 Å². The number of urea groups is 1. The molecule has 1 N–H and O–H groups in total. The fourth-order valence-corrected chi connectivity index (χ4v) is 0.748. The minimum absolute atomic E-state index is 0.0521. The van der Waals surface area contributed by atoms with Crippen LogP contribution < -0.4 is 5.32 Å². The Morgan fingerprint density at radius 3 is 2.25 bits per heavy atom. The summed E-state index contributed by atoms with van der Waals surface area (Å²) < 4.78 is 0. The van der Waals surface area contributed by atoms with Gasteiger partial charge in [0, 0.05) is 20.1 Å². The van der Waals surface area contributed by atoms with Crippen LogP contribution in [0, 0.1) is 0 Å². The summed E-state index contributed by atoms with van der Waals surface area (Å²) in [5.74, 6) is 0. The van der Waals surface area contributed by atoms with Gasteiger partial charge < -0.3 is 10.2 Å². The Balaban J connectivity index is 0.000000261. The second kappa shape index (κ2) is 6.95. The minimum Gasteiger partial charge on any atom is -0.338 e. The number of carbonyl (C=O) groups is 1. The van der Waals surface area contributed by atoms with Crippen molar-refractivity contribution in [3.63, 3.8) is 0 Å². The summed E-state index contributed by atoms with van der Waals surface area (Å²) in [6.45, 7) is 6.09. The van der Waals surface area contributed by atoms with Crippen LogP contribution in [0.25, 0.3) is 0 Å². The van der Waals surface area contributed by atoms with E-state index in [1.165, 1.54) is 12.8 Å². The van der Waals surface area contributed by atoms with Crippen molar-refractivity contribution in [2.75, 3.05) is 20.1 Å². The molecule has 1 fully saturated rings. The highest BCUT2D eigenvalue weighted by Gasteiger charge is 2.10. The molecule has 0 spiro atoms. The van der Waals surface area contributed by atoms with E-state index in [2.05, 4.69) is 19.2 Å². The van der Waals surface area contributed by atoms with E-state index >= 15 is 0 Å². The van der Waals surface area contributed by atoms with E-state index in [1.807, 2.05) is 0 Å². The van der Waals surface area contributed by atoms with Crippen molar-refractivity contribution in [2.24, 2.45) is 0 Å². The lowest BCUT2D eigenvalue weighted by Crippen LogP contribution is -2.43. The van der Waals surface area contributed by atoms with E-state index in [-0.39, 0.29) is 6.03 Å². The normalized spacial score (nSPS) is 16.2. The average Bonchev–Trinajstić information content (AvgIpc) is 2.11. The Kier molecular flexibility index (Phi) is 6.53. The Morgan fingerprint density at radius 2 is 2.00 bits per heavy atom. The van der Waals surface area contributed by atoms with Gasteiger partial charge in [-0.15, -0.1) is 0 Å². The Morgan fingerprint density at radius 1 is 1.42 bits per heavy atom. The van der Waals surface area contributed by atoms with Crippen molar-refractivity contribution >= 4 is 6.03 Å². The number of nitrogens with zero attached hydrogens (tertiary/aromatic N) is 1. The van der Waals surface area contributed by atoms with Crippen molar-refractivity contribution in [3.05, 3.63) is 0 Å². The Hall–Kier alpha value is -0.730. The molecule has 3 nitrogen and oxygen atoms in total. The fourth-order valence-electron chi connectivity index (χ4n) is 0.748. The van der Waals surface area contributed by atoms with Crippen molar-refractivity contribution < 1.29 is 4.79 Å². The van der Waals surface area contributed by atoms with Crippen molar-refractivity contribution in [3.8, 4) is 0 Å². The van der Waals surface area contributed by atoms with Crippen LogP contribution in [0.15, 0.2) is 0 Å². The van der Waals surface area contributed by atoms with E-state index in [0.717, 1.165) is 19.5 Å². The van der Waals surface area contributed by atoms with Crippen LogP contribution in [-0.4, -0.2) is 31.1 Å². The maximum Gasteiger partial charge on any atom is 0.317 e. The largest absolute Gasteiger partial charge is 0.338 e. The number of hydrogen-bond donors (Lipinski definition) is 1. The molecule has 0 aromatic carbocycles. The van der Waals surface area contributed by atoms with E-state index in [9.17, 15) is 4.79 Å². The maximum atomic E-state index is 10.6. The first kappa shape index (κ1) is 11.3. The molecule has 0 aliphatic carbocycles. The van der Waals surface area contributed by atoms with E-state index < -0.39 is 0 Å². The number of carbonyl (C=O) groups excluding carboxylic acids is 1. The molecule has 0 aromatic heterocycles. The van der Waals surface area contributed by atoms with Crippen LogP contribution in [0.5, 0.6) is 0 Å². The number of amides is 2. The molecule has 3 heteroatoms. The van der Waals surface area contributed by atoms with Gasteiger partial charge >= 0.3 is 6.03 Å². The van der Waals surface area contributed by atoms with Gasteiger partial charge in [-0.3, -0.25) is 0 Å².